The molecule has 4 rings (SSSR count). The van der Waals surface area contributed by atoms with Crippen molar-refractivity contribution in [3.05, 3.63) is 71.7 Å². The number of urea groups is 1. The Balaban J connectivity index is 1.56. The van der Waals surface area contributed by atoms with Crippen LogP contribution in [0.1, 0.15) is 5.56 Å². The van der Waals surface area contributed by atoms with Gasteiger partial charge in [0.15, 0.2) is 23.2 Å². The van der Waals surface area contributed by atoms with Crippen LogP contribution in [0.3, 0.4) is 0 Å². The Bertz CT molecular complexity index is 1300. The number of nitrogens with zero attached hydrogens (tertiary/aromatic N) is 1. The Kier molecular flexibility index (Phi) is 5.15. The highest BCUT2D eigenvalue weighted by Crippen LogP contribution is 2.33. The molecule has 0 saturated heterocycles. The van der Waals surface area contributed by atoms with Crippen LogP contribution < -0.4 is 20.1 Å². The highest BCUT2D eigenvalue weighted by atomic mass is 32.2. The van der Waals surface area contributed by atoms with E-state index >= 15 is 0 Å². The molecule has 31 heavy (non-hydrogen) atoms. The first-order valence-corrected chi connectivity index (χ1v) is 10.2. The van der Waals surface area contributed by atoms with Crippen molar-refractivity contribution in [2.45, 2.75) is 11.4 Å². The van der Waals surface area contributed by atoms with E-state index in [4.69, 9.17) is 4.74 Å². The van der Waals surface area contributed by atoms with Crippen LogP contribution in [0.25, 0.3) is 0 Å². The smallest absolute Gasteiger partial charge is 0.320 e. The maximum absolute atomic E-state index is 14.6. The topological polar surface area (TPSA) is 109 Å². The van der Waals surface area contributed by atoms with Crippen LogP contribution in [0.5, 0.6) is 11.5 Å². The summed E-state index contributed by atoms with van der Waals surface area (Å²) in [6.45, 7) is 0.123. The van der Waals surface area contributed by atoms with Gasteiger partial charge in [-0.15, -0.1) is 0 Å². The first-order chi connectivity index (χ1) is 14.7. The second-order valence-corrected chi connectivity index (χ2v) is 8.06. The molecule has 0 fully saturated rings. The summed E-state index contributed by atoms with van der Waals surface area (Å²) in [5.41, 5.74) is 0.352. The fourth-order valence-electron chi connectivity index (χ4n) is 2.79. The molecule has 0 aliphatic carbocycles. The van der Waals surface area contributed by atoms with E-state index in [1.165, 1.54) is 24.4 Å². The lowest BCUT2D eigenvalue weighted by Crippen LogP contribution is -2.34. The SMILES string of the molecule is O=C1NCc2c(Oc3ccc(NS(=O)(=O)c4ccc(F)c(F)c4)cc3F)ccnc2N1. The van der Waals surface area contributed by atoms with E-state index in [0.29, 0.717) is 17.7 Å². The molecule has 8 nitrogen and oxygen atoms in total. The van der Waals surface area contributed by atoms with Crippen LogP contribution in [-0.4, -0.2) is 19.4 Å². The second-order valence-electron chi connectivity index (χ2n) is 6.37. The van der Waals surface area contributed by atoms with E-state index < -0.39 is 38.4 Å². The number of aromatic nitrogens is 1. The van der Waals surface area contributed by atoms with Crippen molar-refractivity contribution in [1.82, 2.24) is 10.3 Å². The van der Waals surface area contributed by atoms with Crippen molar-refractivity contribution >= 4 is 27.6 Å². The first-order valence-electron chi connectivity index (χ1n) is 8.71. The number of hydrogen-bond acceptors (Lipinski definition) is 5. The maximum Gasteiger partial charge on any atom is 0.320 e. The zero-order valence-electron chi connectivity index (χ0n) is 15.4. The Morgan fingerprint density at radius 1 is 0.968 bits per heavy atom. The third-order valence-corrected chi connectivity index (χ3v) is 5.65. The predicted octanol–water partition coefficient (Wildman–Crippen LogP) is 3.73. The summed E-state index contributed by atoms with van der Waals surface area (Å²) in [4.78, 5) is 14.9. The van der Waals surface area contributed by atoms with Crippen LogP contribution >= 0.6 is 0 Å². The van der Waals surface area contributed by atoms with Crippen molar-refractivity contribution < 1.29 is 31.1 Å². The normalized spacial score (nSPS) is 13.1. The molecule has 0 atom stereocenters. The summed E-state index contributed by atoms with van der Waals surface area (Å²) in [5.74, 6) is -3.10. The lowest BCUT2D eigenvalue weighted by molar-refractivity contribution is 0.250. The molecule has 0 radical (unpaired) electrons. The minimum atomic E-state index is -4.28. The van der Waals surface area contributed by atoms with Crippen LogP contribution in [0.4, 0.5) is 29.5 Å². The molecule has 2 heterocycles. The van der Waals surface area contributed by atoms with Gasteiger partial charge in [0.05, 0.1) is 22.7 Å². The summed E-state index contributed by atoms with van der Waals surface area (Å²) >= 11 is 0. The fourth-order valence-corrected chi connectivity index (χ4v) is 3.85. The van der Waals surface area contributed by atoms with E-state index in [0.717, 1.165) is 12.1 Å². The van der Waals surface area contributed by atoms with E-state index in [1.54, 1.807) is 0 Å². The van der Waals surface area contributed by atoms with Gasteiger partial charge >= 0.3 is 6.03 Å². The predicted molar refractivity (Wildman–Crippen MR) is 104 cm³/mol. The molecule has 2 amide bonds. The molecule has 1 aliphatic heterocycles. The molecule has 0 bridgehead atoms. The molecule has 0 spiro atoms. The number of ether oxygens (including phenoxy) is 1. The number of rotatable bonds is 5. The van der Waals surface area contributed by atoms with Gasteiger partial charge in [-0.05, 0) is 36.4 Å². The Morgan fingerprint density at radius 2 is 1.77 bits per heavy atom. The minimum Gasteiger partial charge on any atom is -0.454 e. The third kappa shape index (κ3) is 4.23. The van der Waals surface area contributed by atoms with E-state index in [9.17, 15) is 26.4 Å². The van der Waals surface area contributed by atoms with Crippen molar-refractivity contribution in [2.24, 2.45) is 0 Å². The zero-order valence-corrected chi connectivity index (χ0v) is 16.3. The Morgan fingerprint density at radius 3 is 2.52 bits per heavy atom. The summed E-state index contributed by atoms with van der Waals surface area (Å²) in [5, 5.41) is 5.04. The number of amides is 2. The highest BCUT2D eigenvalue weighted by molar-refractivity contribution is 7.92. The van der Waals surface area contributed by atoms with Gasteiger partial charge in [-0.25, -0.2) is 31.4 Å². The summed E-state index contributed by atoms with van der Waals surface area (Å²) in [6, 6.07) is 6.44. The lowest BCUT2D eigenvalue weighted by Gasteiger charge is -2.20. The number of sulfonamides is 1. The van der Waals surface area contributed by atoms with Gasteiger partial charge in [-0.3, -0.25) is 10.0 Å². The van der Waals surface area contributed by atoms with Crippen molar-refractivity contribution in [2.75, 3.05) is 10.0 Å². The standard InChI is InChI=1S/C19H13F3N4O4S/c20-13-3-2-11(8-14(13)21)31(28,29)26-10-1-4-17(15(22)7-10)30-16-5-6-23-18-12(16)9-24-19(27)25-18/h1-8,26H,9H2,(H2,23,24,25,27). The van der Waals surface area contributed by atoms with Gasteiger partial charge in [0.1, 0.15) is 11.6 Å². The number of pyridine rings is 1. The molecular weight excluding hydrogens is 437 g/mol. The van der Waals surface area contributed by atoms with Gasteiger partial charge in [0.2, 0.25) is 0 Å². The van der Waals surface area contributed by atoms with Gasteiger partial charge in [0, 0.05) is 12.3 Å². The number of halogens is 3. The van der Waals surface area contributed by atoms with Crippen LogP contribution in [-0.2, 0) is 16.6 Å². The number of fused-ring (bicyclic) bond motifs is 1. The monoisotopic (exact) mass is 450 g/mol. The largest absolute Gasteiger partial charge is 0.454 e. The average Bonchev–Trinajstić information content (AvgIpc) is 2.71. The molecule has 160 valence electrons. The van der Waals surface area contributed by atoms with Crippen molar-refractivity contribution in [1.29, 1.82) is 0 Å². The van der Waals surface area contributed by atoms with Crippen molar-refractivity contribution in [3.8, 4) is 11.5 Å². The Labute approximate surface area is 174 Å². The van der Waals surface area contributed by atoms with Gasteiger partial charge in [0.25, 0.3) is 10.0 Å². The maximum atomic E-state index is 14.6. The number of carbonyl (C=O) groups is 1. The molecule has 0 saturated carbocycles. The zero-order chi connectivity index (χ0) is 22.2. The van der Waals surface area contributed by atoms with Crippen LogP contribution in [0.2, 0.25) is 0 Å². The lowest BCUT2D eigenvalue weighted by atomic mass is 10.2. The van der Waals surface area contributed by atoms with Crippen LogP contribution in [0, 0.1) is 17.5 Å². The van der Waals surface area contributed by atoms with Gasteiger partial charge in [-0.2, -0.15) is 0 Å². The van der Waals surface area contributed by atoms with Crippen LogP contribution in [0.15, 0.2) is 53.6 Å². The van der Waals surface area contributed by atoms with E-state index in [1.807, 2.05) is 0 Å². The molecule has 3 N–H and O–H groups in total. The molecule has 2 aromatic carbocycles. The van der Waals surface area contributed by atoms with Gasteiger partial charge < -0.3 is 10.1 Å². The second kappa shape index (κ2) is 7.80. The fraction of sp³-hybridized carbons (Fsp3) is 0.0526. The third-order valence-electron chi connectivity index (χ3n) is 4.28. The number of carbonyl (C=O) groups excluding carboxylic acids is 1. The number of nitrogens with one attached hydrogen (secondary N) is 3. The summed E-state index contributed by atoms with van der Waals surface area (Å²) < 4.78 is 73.3. The number of anilines is 2. The molecule has 1 aliphatic rings. The Hall–Kier alpha value is -3.80. The molecule has 3 aromatic rings. The molecule has 12 heteroatoms. The van der Waals surface area contributed by atoms with Crippen molar-refractivity contribution in [3.63, 3.8) is 0 Å². The van der Waals surface area contributed by atoms with E-state index in [2.05, 4.69) is 20.3 Å². The average molecular weight is 450 g/mol. The molecule has 1 aromatic heterocycles. The minimum absolute atomic E-state index is 0.123. The number of benzene rings is 2. The summed E-state index contributed by atoms with van der Waals surface area (Å²) in [6.07, 6.45) is 1.38. The number of hydrogen-bond donors (Lipinski definition) is 3. The van der Waals surface area contributed by atoms with E-state index in [-0.39, 0.29) is 29.5 Å². The van der Waals surface area contributed by atoms with Gasteiger partial charge in [-0.1, -0.05) is 0 Å². The first kappa shape index (κ1) is 20.5. The molecule has 0 unspecified atom stereocenters. The summed E-state index contributed by atoms with van der Waals surface area (Å²) in [7, 11) is -4.28. The highest BCUT2D eigenvalue weighted by Gasteiger charge is 2.21. The quantitative estimate of drug-likeness (QED) is 0.549. The molecular formula is C19H13F3N4O4S.